The second-order valence-corrected chi connectivity index (χ2v) is 3.27. The first-order valence-corrected chi connectivity index (χ1v) is 4.39. The van der Waals surface area contributed by atoms with Gasteiger partial charge in [-0.3, -0.25) is 0 Å². The molecule has 0 radical (unpaired) electrons. The van der Waals surface area contributed by atoms with Gasteiger partial charge in [-0.15, -0.1) is 0 Å². The van der Waals surface area contributed by atoms with Crippen LogP contribution in [0.5, 0.6) is 5.75 Å². The van der Waals surface area contributed by atoms with Gasteiger partial charge in [0.05, 0.1) is 22.8 Å². The lowest BCUT2D eigenvalue weighted by atomic mass is 10.3. The van der Waals surface area contributed by atoms with Crippen molar-refractivity contribution in [3.8, 4) is 5.75 Å². The maximum absolute atomic E-state index is 10.6. The molecule has 0 bridgehead atoms. The monoisotopic (exact) mass is 234 g/mol. The van der Waals surface area contributed by atoms with E-state index in [0.29, 0.717) is 21.5 Å². The third kappa shape index (κ3) is 2.43. The lowest BCUT2D eigenvalue weighted by molar-refractivity contribution is 0.259. The highest BCUT2D eigenvalue weighted by molar-refractivity contribution is 6.37. The van der Waals surface area contributed by atoms with E-state index in [0.717, 1.165) is 0 Å². The number of hydrogen-bond acceptors (Lipinski definition) is 2. The molecule has 0 unspecified atom stereocenters. The molecule has 0 heterocycles. The van der Waals surface area contributed by atoms with Crippen molar-refractivity contribution in [1.82, 2.24) is 0 Å². The van der Waals surface area contributed by atoms with Gasteiger partial charge in [0, 0.05) is 6.07 Å². The Morgan fingerprint density at radius 3 is 2.57 bits per heavy atom. The minimum Gasteiger partial charge on any atom is -0.495 e. The zero-order valence-electron chi connectivity index (χ0n) is 7.30. The highest BCUT2D eigenvalue weighted by Gasteiger charge is 2.08. The van der Waals surface area contributed by atoms with Gasteiger partial charge in [-0.05, 0) is 6.07 Å². The van der Waals surface area contributed by atoms with E-state index in [1.807, 2.05) is 0 Å². The summed E-state index contributed by atoms with van der Waals surface area (Å²) in [5, 5.41) is 3.01. The molecular weight excluding hydrogens is 227 g/mol. The normalized spacial score (nSPS) is 9.64. The van der Waals surface area contributed by atoms with Gasteiger partial charge in [-0.25, -0.2) is 4.79 Å². The van der Waals surface area contributed by atoms with Crippen LogP contribution >= 0.6 is 23.2 Å². The number of primary amides is 1. The van der Waals surface area contributed by atoms with Crippen molar-refractivity contribution in [1.29, 1.82) is 0 Å². The van der Waals surface area contributed by atoms with Gasteiger partial charge in [-0.2, -0.15) is 0 Å². The fourth-order valence-corrected chi connectivity index (χ4v) is 1.42. The average Bonchev–Trinajstić information content (AvgIpc) is 2.09. The molecule has 0 spiro atoms. The number of benzene rings is 1. The molecule has 76 valence electrons. The topological polar surface area (TPSA) is 64.3 Å². The minimum absolute atomic E-state index is 0.301. The van der Waals surface area contributed by atoms with Crippen LogP contribution in [0, 0.1) is 0 Å². The number of ether oxygens (including phenoxy) is 1. The molecule has 0 aliphatic heterocycles. The van der Waals surface area contributed by atoms with Crippen LogP contribution in [0.25, 0.3) is 0 Å². The summed E-state index contributed by atoms with van der Waals surface area (Å²) < 4.78 is 4.94. The lowest BCUT2D eigenvalue weighted by Crippen LogP contribution is -2.19. The molecule has 14 heavy (non-hydrogen) atoms. The highest BCUT2D eigenvalue weighted by atomic mass is 35.5. The molecule has 4 nitrogen and oxygen atoms in total. The molecule has 0 aliphatic rings. The number of anilines is 1. The largest absolute Gasteiger partial charge is 0.495 e. The van der Waals surface area contributed by atoms with E-state index in [1.165, 1.54) is 19.2 Å². The second-order valence-electron chi connectivity index (χ2n) is 2.46. The van der Waals surface area contributed by atoms with E-state index in [2.05, 4.69) is 5.32 Å². The number of rotatable bonds is 2. The van der Waals surface area contributed by atoms with Crippen LogP contribution < -0.4 is 15.8 Å². The van der Waals surface area contributed by atoms with Gasteiger partial charge in [0.2, 0.25) is 0 Å². The average molecular weight is 235 g/mol. The van der Waals surface area contributed by atoms with Crippen LogP contribution in [0.1, 0.15) is 0 Å². The molecule has 3 N–H and O–H groups in total. The molecule has 1 rings (SSSR count). The Hall–Kier alpha value is -1.13. The van der Waals surface area contributed by atoms with Crippen molar-refractivity contribution in [2.45, 2.75) is 0 Å². The smallest absolute Gasteiger partial charge is 0.316 e. The Bertz CT molecular complexity index is 369. The van der Waals surface area contributed by atoms with Gasteiger partial charge < -0.3 is 15.8 Å². The van der Waals surface area contributed by atoms with Gasteiger partial charge in [0.25, 0.3) is 0 Å². The molecule has 0 aliphatic carbocycles. The summed E-state index contributed by atoms with van der Waals surface area (Å²) in [5.41, 5.74) is 5.30. The number of urea groups is 1. The Kier molecular flexibility index (Phi) is 3.43. The number of hydrogen-bond donors (Lipinski definition) is 2. The summed E-state index contributed by atoms with van der Waals surface area (Å²) in [7, 11) is 1.46. The molecule has 0 aromatic heterocycles. The molecule has 2 amide bonds. The van der Waals surface area contributed by atoms with Gasteiger partial charge in [0.15, 0.2) is 0 Å². The first-order valence-electron chi connectivity index (χ1n) is 3.64. The summed E-state index contributed by atoms with van der Waals surface area (Å²) in [6.45, 7) is 0. The van der Waals surface area contributed by atoms with E-state index in [4.69, 9.17) is 33.7 Å². The zero-order valence-corrected chi connectivity index (χ0v) is 8.82. The Balaban J connectivity index is 3.10. The molecule has 0 atom stereocenters. The summed E-state index contributed by atoms with van der Waals surface area (Å²) in [4.78, 5) is 10.6. The number of nitrogens with two attached hydrogens (primary N) is 1. The first-order chi connectivity index (χ1) is 6.54. The van der Waals surface area contributed by atoms with Crippen LogP contribution in [0.15, 0.2) is 12.1 Å². The van der Waals surface area contributed by atoms with E-state index in [-0.39, 0.29) is 0 Å². The summed E-state index contributed by atoms with van der Waals surface area (Å²) >= 11 is 11.6. The maximum Gasteiger partial charge on any atom is 0.316 e. The molecule has 6 heteroatoms. The van der Waals surface area contributed by atoms with Crippen LogP contribution in [0.2, 0.25) is 10.0 Å². The van der Waals surface area contributed by atoms with E-state index < -0.39 is 6.03 Å². The highest BCUT2D eigenvalue weighted by Crippen LogP contribution is 2.33. The van der Waals surface area contributed by atoms with Crippen molar-refractivity contribution in [3.63, 3.8) is 0 Å². The lowest BCUT2D eigenvalue weighted by Gasteiger charge is -2.08. The number of carbonyl (C=O) groups is 1. The fraction of sp³-hybridized carbons (Fsp3) is 0.125. The summed E-state index contributed by atoms with van der Waals surface area (Å²) in [5.74, 6) is 0.416. The number of methoxy groups -OCH3 is 1. The SMILES string of the molecule is COc1cc(NC(N)=O)c(Cl)cc1Cl. The van der Waals surface area contributed by atoms with Crippen molar-refractivity contribution in [2.75, 3.05) is 12.4 Å². The number of carbonyl (C=O) groups excluding carboxylic acids is 1. The minimum atomic E-state index is -0.698. The first kappa shape index (κ1) is 10.9. The molecule has 0 saturated carbocycles. The van der Waals surface area contributed by atoms with E-state index in [1.54, 1.807) is 0 Å². The molecule has 1 aromatic rings. The van der Waals surface area contributed by atoms with Gasteiger partial charge in [0.1, 0.15) is 5.75 Å². The number of halogens is 2. The number of amides is 2. The van der Waals surface area contributed by atoms with Crippen LogP contribution in [0.4, 0.5) is 10.5 Å². The third-order valence-electron chi connectivity index (χ3n) is 1.50. The van der Waals surface area contributed by atoms with E-state index >= 15 is 0 Å². The standard InChI is InChI=1S/C8H8Cl2N2O2/c1-14-7-3-6(12-8(11)13)4(9)2-5(7)10/h2-3H,1H3,(H3,11,12,13). The molecular formula is C8H8Cl2N2O2. The Labute approximate surface area is 90.9 Å². The summed E-state index contributed by atoms with van der Waals surface area (Å²) in [6, 6.07) is 2.26. The third-order valence-corrected chi connectivity index (χ3v) is 2.11. The fourth-order valence-electron chi connectivity index (χ4n) is 0.914. The molecule has 0 saturated heterocycles. The van der Waals surface area contributed by atoms with E-state index in [9.17, 15) is 4.79 Å². The predicted octanol–water partition coefficient (Wildman–Crippen LogP) is 2.49. The quantitative estimate of drug-likeness (QED) is 0.826. The maximum atomic E-state index is 10.6. The van der Waals surface area contributed by atoms with Gasteiger partial charge >= 0.3 is 6.03 Å². The second kappa shape index (κ2) is 4.39. The Morgan fingerprint density at radius 2 is 2.07 bits per heavy atom. The van der Waals surface area contributed by atoms with Crippen LogP contribution in [-0.2, 0) is 0 Å². The zero-order chi connectivity index (χ0) is 10.7. The van der Waals surface area contributed by atoms with Crippen molar-refractivity contribution in [3.05, 3.63) is 22.2 Å². The number of nitrogens with one attached hydrogen (secondary N) is 1. The van der Waals surface area contributed by atoms with Crippen LogP contribution in [-0.4, -0.2) is 13.1 Å². The van der Waals surface area contributed by atoms with Crippen LogP contribution in [0.3, 0.4) is 0 Å². The van der Waals surface area contributed by atoms with Crippen molar-refractivity contribution in [2.24, 2.45) is 5.73 Å². The van der Waals surface area contributed by atoms with Gasteiger partial charge in [-0.1, -0.05) is 23.2 Å². The summed E-state index contributed by atoms with van der Waals surface area (Å²) in [6.07, 6.45) is 0. The predicted molar refractivity (Wildman–Crippen MR) is 56.2 cm³/mol. The molecule has 0 fully saturated rings. The Morgan fingerprint density at radius 1 is 1.43 bits per heavy atom. The molecule has 1 aromatic carbocycles. The van der Waals surface area contributed by atoms with Crippen molar-refractivity contribution < 1.29 is 9.53 Å². The van der Waals surface area contributed by atoms with Crippen molar-refractivity contribution >= 4 is 34.9 Å².